The average molecular weight is 457 g/mol. The molecule has 1 N–H and O–H groups in total. The second-order valence-corrected chi connectivity index (χ2v) is 7.32. The molecular formula is C25H20FN5O3. The third-order valence-electron chi connectivity index (χ3n) is 4.81. The average Bonchev–Trinajstić information content (AvgIpc) is 3.27. The van der Waals surface area contributed by atoms with Gasteiger partial charge >= 0.3 is 5.97 Å². The number of carbonyl (C=O) groups excluding carboxylic acids is 2. The van der Waals surface area contributed by atoms with Gasteiger partial charge in [-0.2, -0.15) is 4.68 Å². The number of aromatic nitrogens is 4. The van der Waals surface area contributed by atoms with Crippen molar-refractivity contribution in [1.82, 2.24) is 20.2 Å². The molecule has 4 aromatic rings. The lowest BCUT2D eigenvalue weighted by Gasteiger charge is -2.11. The summed E-state index contributed by atoms with van der Waals surface area (Å²) in [5, 5.41) is 14.0. The van der Waals surface area contributed by atoms with E-state index in [0.29, 0.717) is 28.2 Å². The zero-order chi connectivity index (χ0) is 23.9. The second kappa shape index (κ2) is 10.3. The molecule has 0 fully saturated rings. The van der Waals surface area contributed by atoms with Crippen molar-refractivity contribution in [2.24, 2.45) is 0 Å². The summed E-state index contributed by atoms with van der Waals surface area (Å²) < 4.78 is 20.3. The van der Waals surface area contributed by atoms with E-state index in [1.165, 1.54) is 29.0 Å². The van der Waals surface area contributed by atoms with Gasteiger partial charge in [-0.05, 0) is 71.0 Å². The fourth-order valence-corrected chi connectivity index (χ4v) is 3.17. The van der Waals surface area contributed by atoms with Gasteiger partial charge in [-0.25, -0.2) is 9.18 Å². The molecule has 0 unspecified atom stereocenters. The van der Waals surface area contributed by atoms with Crippen molar-refractivity contribution >= 4 is 29.3 Å². The summed E-state index contributed by atoms with van der Waals surface area (Å²) in [6.07, 6.45) is 1.45. The van der Waals surface area contributed by atoms with Crippen molar-refractivity contribution in [3.8, 4) is 0 Å². The number of hydrogen-bond donors (Lipinski definition) is 1. The Bertz CT molecular complexity index is 1350. The third-order valence-corrected chi connectivity index (χ3v) is 4.81. The van der Waals surface area contributed by atoms with Gasteiger partial charge in [0, 0.05) is 11.3 Å². The minimum atomic E-state index is -0.696. The number of tetrazole rings is 1. The summed E-state index contributed by atoms with van der Waals surface area (Å²) >= 11 is 0. The van der Waals surface area contributed by atoms with Gasteiger partial charge in [0.15, 0.2) is 11.5 Å². The molecule has 0 aliphatic heterocycles. The molecule has 0 saturated heterocycles. The maximum absolute atomic E-state index is 13.6. The lowest BCUT2D eigenvalue weighted by atomic mass is 10.1. The molecule has 0 radical (unpaired) electrons. The first-order valence-corrected chi connectivity index (χ1v) is 10.3. The second-order valence-electron chi connectivity index (χ2n) is 7.32. The number of esters is 1. The number of ether oxygens (including phenoxy) is 1. The van der Waals surface area contributed by atoms with Crippen molar-refractivity contribution in [1.29, 1.82) is 0 Å². The molecule has 1 heterocycles. The summed E-state index contributed by atoms with van der Waals surface area (Å²) in [6, 6.07) is 21.6. The van der Waals surface area contributed by atoms with Gasteiger partial charge in [-0.15, -0.1) is 5.10 Å². The molecule has 3 aromatic carbocycles. The Hall–Kier alpha value is -4.66. The van der Waals surface area contributed by atoms with Crippen LogP contribution in [0.2, 0.25) is 0 Å². The Kier molecular flexibility index (Phi) is 6.83. The lowest BCUT2D eigenvalue weighted by molar-refractivity contribution is -0.138. The Morgan fingerprint density at radius 1 is 1.03 bits per heavy atom. The van der Waals surface area contributed by atoms with E-state index >= 15 is 0 Å². The number of anilines is 1. The number of halogens is 1. The highest BCUT2D eigenvalue weighted by Gasteiger charge is 2.18. The molecule has 1 amide bonds. The van der Waals surface area contributed by atoms with Gasteiger partial charge in [0.1, 0.15) is 12.4 Å². The third kappa shape index (κ3) is 5.57. The van der Waals surface area contributed by atoms with E-state index in [2.05, 4.69) is 20.8 Å². The standard InChI is InChI=1S/C25H20FN5O3/c1-17-28-29-30-31(17)23(15-18-7-5-11-21(26)13-18)25(33)34-16-19-8-6-12-22(14-19)27-24(32)20-9-3-2-4-10-20/h2-15H,16H2,1H3,(H,27,32)/b23-15-. The Morgan fingerprint density at radius 2 is 1.82 bits per heavy atom. The molecule has 4 rings (SSSR count). The van der Waals surface area contributed by atoms with E-state index in [9.17, 15) is 14.0 Å². The summed E-state index contributed by atoms with van der Waals surface area (Å²) in [5.74, 6) is -1.02. The number of amides is 1. The first-order valence-electron chi connectivity index (χ1n) is 10.3. The monoisotopic (exact) mass is 457 g/mol. The van der Waals surface area contributed by atoms with Crippen LogP contribution in [0.5, 0.6) is 0 Å². The van der Waals surface area contributed by atoms with Crippen LogP contribution in [-0.4, -0.2) is 32.1 Å². The minimum Gasteiger partial charge on any atom is -0.456 e. The summed E-state index contributed by atoms with van der Waals surface area (Å²) in [6.45, 7) is 1.57. The highest BCUT2D eigenvalue weighted by Crippen LogP contribution is 2.17. The Balaban J connectivity index is 1.49. The Morgan fingerprint density at radius 3 is 2.56 bits per heavy atom. The molecule has 170 valence electrons. The smallest absolute Gasteiger partial charge is 0.357 e. The number of nitrogens with one attached hydrogen (secondary N) is 1. The van der Waals surface area contributed by atoms with Gasteiger partial charge in [-0.1, -0.05) is 42.5 Å². The Labute approximate surface area is 194 Å². The van der Waals surface area contributed by atoms with Gasteiger partial charge in [-0.3, -0.25) is 4.79 Å². The molecular weight excluding hydrogens is 437 g/mol. The van der Waals surface area contributed by atoms with Crippen LogP contribution in [0.1, 0.15) is 27.3 Å². The molecule has 0 aliphatic rings. The molecule has 34 heavy (non-hydrogen) atoms. The molecule has 9 heteroatoms. The molecule has 0 saturated carbocycles. The SMILES string of the molecule is Cc1nnnn1/C(=C\c1cccc(F)c1)C(=O)OCc1cccc(NC(=O)c2ccccc2)c1. The molecule has 0 spiro atoms. The van der Waals surface area contributed by atoms with E-state index in [1.807, 2.05) is 6.07 Å². The van der Waals surface area contributed by atoms with Gasteiger partial charge in [0.2, 0.25) is 0 Å². The fraction of sp³-hybridized carbons (Fsp3) is 0.0800. The molecule has 0 aliphatic carbocycles. The van der Waals surface area contributed by atoms with E-state index in [-0.39, 0.29) is 18.2 Å². The minimum absolute atomic E-state index is 0.0293. The van der Waals surface area contributed by atoms with Crippen LogP contribution in [0, 0.1) is 12.7 Å². The predicted molar refractivity (Wildman–Crippen MR) is 124 cm³/mol. The normalized spacial score (nSPS) is 11.2. The maximum Gasteiger partial charge on any atom is 0.357 e. The van der Waals surface area contributed by atoms with Crippen molar-refractivity contribution in [2.75, 3.05) is 5.32 Å². The van der Waals surface area contributed by atoms with Gasteiger partial charge in [0.25, 0.3) is 5.91 Å². The fourth-order valence-electron chi connectivity index (χ4n) is 3.17. The zero-order valence-corrected chi connectivity index (χ0v) is 18.2. The molecule has 0 atom stereocenters. The predicted octanol–water partition coefficient (Wildman–Crippen LogP) is 4.11. The number of benzene rings is 3. The van der Waals surface area contributed by atoms with Crippen LogP contribution >= 0.6 is 0 Å². The van der Waals surface area contributed by atoms with E-state index < -0.39 is 11.8 Å². The van der Waals surface area contributed by atoms with Crippen LogP contribution in [-0.2, 0) is 16.1 Å². The van der Waals surface area contributed by atoms with Gasteiger partial charge in [0.05, 0.1) is 0 Å². The maximum atomic E-state index is 13.6. The quantitative estimate of drug-likeness (QED) is 0.331. The van der Waals surface area contributed by atoms with Crippen molar-refractivity contribution in [2.45, 2.75) is 13.5 Å². The first-order chi connectivity index (χ1) is 16.5. The van der Waals surface area contributed by atoms with Crippen LogP contribution < -0.4 is 5.32 Å². The highest BCUT2D eigenvalue weighted by atomic mass is 19.1. The highest BCUT2D eigenvalue weighted by molar-refractivity contribution is 6.15. The molecule has 0 bridgehead atoms. The van der Waals surface area contributed by atoms with Crippen molar-refractivity contribution in [3.63, 3.8) is 0 Å². The molecule has 8 nitrogen and oxygen atoms in total. The number of aryl methyl sites for hydroxylation is 1. The topological polar surface area (TPSA) is 99.0 Å². The summed E-state index contributed by atoms with van der Waals surface area (Å²) in [4.78, 5) is 25.3. The molecule has 1 aromatic heterocycles. The van der Waals surface area contributed by atoms with E-state index in [0.717, 1.165) is 0 Å². The van der Waals surface area contributed by atoms with Crippen molar-refractivity contribution < 1.29 is 18.7 Å². The van der Waals surface area contributed by atoms with Crippen LogP contribution in [0.4, 0.5) is 10.1 Å². The first kappa shape index (κ1) is 22.5. The lowest BCUT2D eigenvalue weighted by Crippen LogP contribution is -2.15. The summed E-state index contributed by atoms with van der Waals surface area (Å²) in [7, 11) is 0. The van der Waals surface area contributed by atoms with Crippen LogP contribution in [0.15, 0.2) is 78.9 Å². The van der Waals surface area contributed by atoms with E-state index in [1.54, 1.807) is 61.5 Å². The van der Waals surface area contributed by atoms with Crippen molar-refractivity contribution in [3.05, 3.63) is 107 Å². The number of hydrogen-bond acceptors (Lipinski definition) is 6. The van der Waals surface area contributed by atoms with Crippen LogP contribution in [0.25, 0.3) is 11.8 Å². The number of carbonyl (C=O) groups is 2. The number of rotatable bonds is 7. The zero-order valence-electron chi connectivity index (χ0n) is 18.2. The number of nitrogens with zero attached hydrogens (tertiary/aromatic N) is 4. The largest absolute Gasteiger partial charge is 0.456 e. The van der Waals surface area contributed by atoms with Crippen LogP contribution in [0.3, 0.4) is 0 Å². The van der Waals surface area contributed by atoms with Gasteiger partial charge < -0.3 is 10.1 Å². The summed E-state index contributed by atoms with van der Waals surface area (Å²) in [5.41, 5.74) is 2.24. The van der Waals surface area contributed by atoms with E-state index in [4.69, 9.17) is 4.74 Å².